The molecule has 0 aromatic rings. The van der Waals surface area contributed by atoms with Gasteiger partial charge in [0.1, 0.15) is 0 Å². The quantitative estimate of drug-likeness (QED) is 0.258. The normalized spacial score (nSPS) is 18.1. The first kappa shape index (κ1) is 19.1. The van der Waals surface area contributed by atoms with Gasteiger partial charge in [0, 0.05) is 25.9 Å². The zero-order valence-corrected chi connectivity index (χ0v) is 15.2. The smallest absolute Gasteiger partial charge is 0.374 e. The van der Waals surface area contributed by atoms with E-state index in [4.69, 9.17) is 18.0 Å². The van der Waals surface area contributed by atoms with Crippen LogP contribution in [0.5, 0.6) is 0 Å². The molecule has 1 heterocycles. The second-order valence-electron chi connectivity index (χ2n) is 5.60. The van der Waals surface area contributed by atoms with Gasteiger partial charge in [0.2, 0.25) is 0 Å². The van der Waals surface area contributed by atoms with Crippen LogP contribution in [0.2, 0.25) is 6.04 Å². The Morgan fingerprint density at radius 2 is 1.29 bits per heavy atom. The van der Waals surface area contributed by atoms with Crippen molar-refractivity contribution in [1.29, 1.82) is 0 Å². The number of ether oxygens (including phenoxy) is 1. The third-order valence-corrected chi connectivity index (χ3v) is 6.91. The van der Waals surface area contributed by atoms with Crippen LogP contribution >= 0.6 is 0 Å². The van der Waals surface area contributed by atoms with Gasteiger partial charge in [0.25, 0.3) is 0 Å². The van der Waals surface area contributed by atoms with Crippen LogP contribution in [0.4, 0.5) is 0 Å². The molecule has 4 nitrogen and oxygen atoms in total. The molecule has 0 aliphatic carbocycles. The summed E-state index contributed by atoms with van der Waals surface area (Å²) in [6.07, 6.45) is 9.56. The molecule has 0 amide bonds. The fraction of sp³-hybridized carbons (Fsp3) is 1.00. The Morgan fingerprint density at radius 1 is 0.810 bits per heavy atom. The van der Waals surface area contributed by atoms with Gasteiger partial charge in [-0.2, -0.15) is 0 Å². The summed E-state index contributed by atoms with van der Waals surface area (Å²) in [5, 5.41) is 0. The van der Waals surface area contributed by atoms with E-state index >= 15 is 0 Å². The molecule has 126 valence electrons. The maximum atomic E-state index is 5.87. The van der Waals surface area contributed by atoms with Crippen LogP contribution in [0.3, 0.4) is 0 Å². The zero-order valence-electron chi connectivity index (χ0n) is 14.2. The number of epoxide rings is 1. The van der Waals surface area contributed by atoms with Gasteiger partial charge in [-0.1, -0.05) is 32.1 Å². The van der Waals surface area contributed by atoms with Crippen molar-refractivity contribution in [1.82, 2.24) is 0 Å². The van der Waals surface area contributed by atoms with E-state index in [0.717, 1.165) is 19.1 Å². The van der Waals surface area contributed by atoms with Gasteiger partial charge in [-0.25, -0.2) is 0 Å². The van der Waals surface area contributed by atoms with Crippen molar-refractivity contribution in [3.63, 3.8) is 0 Å². The minimum Gasteiger partial charge on any atom is -0.374 e. The number of hydrogen-bond acceptors (Lipinski definition) is 4. The van der Waals surface area contributed by atoms with Crippen molar-refractivity contribution in [2.45, 2.75) is 77.9 Å². The Kier molecular flexibility index (Phi) is 10.6. The standard InChI is InChI=1S/C16H34O4Si/c1-4-18-21(19-5-2,20-6-3)14-12-10-8-7-9-11-13-16-15-17-16/h16H,4-15H2,1-3H3. The Morgan fingerprint density at radius 3 is 1.76 bits per heavy atom. The SMILES string of the molecule is CCO[Si](CCCCCCCCC1CO1)(OCC)OCC. The average molecular weight is 319 g/mol. The van der Waals surface area contributed by atoms with Gasteiger partial charge in [-0.3, -0.25) is 0 Å². The summed E-state index contributed by atoms with van der Waals surface area (Å²) in [5.41, 5.74) is 0. The molecule has 0 aromatic carbocycles. The van der Waals surface area contributed by atoms with Crippen molar-refractivity contribution in [3.05, 3.63) is 0 Å². The highest BCUT2D eigenvalue weighted by Crippen LogP contribution is 2.21. The van der Waals surface area contributed by atoms with Crippen molar-refractivity contribution in [2.75, 3.05) is 26.4 Å². The van der Waals surface area contributed by atoms with Crippen LogP contribution in [-0.2, 0) is 18.0 Å². The molecule has 0 bridgehead atoms. The van der Waals surface area contributed by atoms with E-state index in [2.05, 4.69) is 0 Å². The van der Waals surface area contributed by atoms with E-state index in [1.807, 2.05) is 20.8 Å². The van der Waals surface area contributed by atoms with Crippen molar-refractivity contribution in [2.24, 2.45) is 0 Å². The molecule has 1 unspecified atom stereocenters. The summed E-state index contributed by atoms with van der Waals surface area (Å²) in [6.45, 7) is 9.08. The van der Waals surface area contributed by atoms with E-state index in [1.54, 1.807) is 0 Å². The van der Waals surface area contributed by atoms with Gasteiger partial charge >= 0.3 is 8.80 Å². The summed E-state index contributed by atoms with van der Waals surface area (Å²) in [7, 11) is -2.39. The van der Waals surface area contributed by atoms with Crippen LogP contribution < -0.4 is 0 Å². The van der Waals surface area contributed by atoms with Crippen LogP contribution in [0, 0.1) is 0 Å². The lowest BCUT2D eigenvalue weighted by Crippen LogP contribution is -2.45. The fourth-order valence-corrected chi connectivity index (χ4v) is 5.34. The molecule has 1 atom stereocenters. The third-order valence-electron chi connectivity index (χ3n) is 3.75. The van der Waals surface area contributed by atoms with E-state index in [-0.39, 0.29) is 0 Å². The van der Waals surface area contributed by atoms with Crippen LogP contribution in [-0.4, -0.2) is 41.3 Å². The zero-order chi connectivity index (χ0) is 15.4. The predicted molar refractivity (Wildman–Crippen MR) is 87.5 cm³/mol. The van der Waals surface area contributed by atoms with Crippen LogP contribution in [0.25, 0.3) is 0 Å². The maximum Gasteiger partial charge on any atom is 0.500 e. The minimum atomic E-state index is -2.39. The molecular formula is C16H34O4Si. The van der Waals surface area contributed by atoms with Crippen LogP contribution in [0.1, 0.15) is 65.7 Å². The third kappa shape index (κ3) is 8.93. The molecule has 1 aliphatic heterocycles. The van der Waals surface area contributed by atoms with Gasteiger partial charge in [-0.05, 0) is 33.6 Å². The Labute approximate surface area is 131 Å². The largest absolute Gasteiger partial charge is 0.500 e. The molecular weight excluding hydrogens is 284 g/mol. The molecule has 0 N–H and O–H groups in total. The highest BCUT2D eigenvalue weighted by atomic mass is 28.4. The Bertz CT molecular complexity index is 229. The van der Waals surface area contributed by atoms with Crippen molar-refractivity contribution >= 4 is 8.80 Å². The first-order valence-electron chi connectivity index (χ1n) is 8.79. The lowest BCUT2D eigenvalue weighted by atomic mass is 10.1. The minimum absolute atomic E-state index is 0.597. The summed E-state index contributed by atoms with van der Waals surface area (Å²) >= 11 is 0. The fourth-order valence-electron chi connectivity index (χ4n) is 2.66. The van der Waals surface area contributed by atoms with Crippen LogP contribution in [0.15, 0.2) is 0 Å². The first-order chi connectivity index (χ1) is 10.3. The molecule has 1 rings (SSSR count). The van der Waals surface area contributed by atoms with E-state index in [0.29, 0.717) is 25.9 Å². The second-order valence-corrected chi connectivity index (χ2v) is 8.33. The van der Waals surface area contributed by atoms with E-state index < -0.39 is 8.80 Å². The molecule has 0 aromatic heterocycles. The van der Waals surface area contributed by atoms with Gasteiger partial charge in [0.15, 0.2) is 0 Å². The number of rotatable bonds is 15. The summed E-state index contributed by atoms with van der Waals surface area (Å²) in [4.78, 5) is 0. The molecule has 0 saturated carbocycles. The maximum absolute atomic E-state index is 5.87. The molecule has 1 aliphatic rings. The monoisotopic (exact) mass is 318 g/mol. The van der Waals surface area contributed by atoms with Crippen molar-refractivity contribution in [3.8, 4) is 0 Å². The number of hydrogen-bond donors (Lipinski definition) is 0. The van der Waals surface area contributed by atoms with E-state index in [1.165, 1.54) is 38.5 Å². The Balaban J connectivity index is 2.06. The highest BCUT2D eigenvalue weighted by molar-refractivity contribution is 6.60. The molecule has 21 heavy (non-hydrogen) atoms. The molecule has 5 heteroatoms. The van der Waals surface area contributed by atoms with E-state index in [9.17, 15) is 0 Å². The molecule has 1 saturated heterocycles. The summed E-state index contributed by atoms with van der Waals surface area (Å²) in [5.74, 6) is 0. The summed E-state index contributed by atoms with van der Waals surface area (Å²) in [6, 6.07) is 0.957. The number of unbranched alkanes of at least 4 members (excludes halogenated alkanes) is 5. The summed E-state index contributed by atoms with van der Waals surface area (Å²) < 4.78 is 22.8. The molecule has 1 fully saturated rings. The molecule has 0 spiro atoms. The average Bonchev–Trinajstić information content (AvgIpc) is 3.27. The first-order valence-corrected chi connectivity index (χ1v) is 10.7. The Hall–Kier alpha value is 0.0569. The topological polar surface area (TPSA) is 40.2 Å². The highest BCUT2D eigenvalue weighted by Gasteiger charge is 2.39. The lowest BCUT2D eigenvalue weighted by molar-refractivity contribution is 0.0706. The van der Waals surface area contributed by atoms with Crippen molar-refractivity contribution < 1.29 is 18.0 Å². The predicted octanol–water partition coefficient (Wildman–Crippen LogP) is 4.16. The second kappa shape index (κ2) is 11.6. The lowest BCUT2D eigenvalue weighted by Gasteiger charge is -2.28. The molecule has 0 radical (unpaired) electrons. The van der Waals surface area contributed by atoms with Gasteiger partial charge < -0.3 is 18.0 Å². The van der Waals surface area contributed by atoms with Gasteiger partial charge in [0.05, 0.1) is 12.7 Å². The van der Waals surface area contributed by atoms with Gasteiger partial charge in [-0.15, -0.1) is 0 Å².